The van der Waals surface area contributed by atoms with Gasteiger partial charge in [0.1, 0.15) is 0 Å². The Balaban J connectivity index is 2.30. The molecule has 1 aromatic carbocycles. The maximum Gasteiger partial charge on any atom is 0.160 e. The maximum absolute atomic E-state index is 13.0. The minimum atomic E-state index is -0.937. The molecule has 2 nitrogen and oxygen atoms in total. The lowest BCUT2D eigenvalue weighted by molar-refractivity contribution is 0.0275. The summed E-state index contributed by atoms with van der Waals surface area (Å²) in [7, 11) is 0. The maximum atomic E-state index is 13.0. The van der Waals surface area contributed by atoms with E-state index >= 15 is 0 Å². The normalized spacial score (nSPS) is 21.7. The SMILES string of the molecule is Fc1cc(Cl)c(C2CNCCO2)cc1F. The van der Waals surface area contributed by atoms with Gasteiger partial charge in [-0.2, -0.15) is 0 Å². The number of hydrogen-bond acceptors (Lipinski definition) is 2. The molecular weight excluding hydrogens is 224 g/mol. The lowest BCUT2D eigenvalue weighted by Crippen LogP contribution is -2.33. The molecule has 1 aliphatic heterocycles. The summed E-state index contributed by atoms with van der Waals surface area (Å²) in [6.45, 7) is 1.86. The van der Waals surface area contributed by atoms with Crippen molar-refractivity contribution in [2.45, 2.75) is 6.10 Å². The van der Waals surface area contributed by atoms with E-state index in [4.69, 9.17) is 16.3 Å². The van der Waals surface area contributed by atoms with E-state index in [9.17, 15) is 8.78 Å². The highest BCUT2D eigenvalue weighted by Gasteiger charge is 2.20. The van der Waals surface area contributed by atoms with Crippen molar-refractivity contribution in [3.05, 3.63) is 34.4 Å². The standard InChI is InChI=1S/C10H10ClF2NO/c11-7-4-9(13)8(12)3-6(7)10-5-14-1-2-15-10/h3-4,10,14H,1-2,5H2. The Hall–Kier alpha value is -0.710. The smallest absolute Gasteiger partial charge is 0.160 e. The zero-order valence-corrected chi connectivity index (χ0v) is 8.65. The van der Waals surface area contributed by atoms with Gasteiger partial charge in [0, 0.05) is 23.7 Å². The van der Waals surface area contributed by atoms with Gasteiger partial charge in [0.25, 0.3) is 0 Å². The Bertz CT molecular complexity index is 367. The van der Waals surface area contributed by atoms with Crippen LogP contribution in [0.5, 0.6) is 0 Å². The average molecular weight is 234 g/mol. The Morgan fingerprint density at radius 1 is 1.33 bits per heavy atom. The van der Waals surface area contributed by atoms with Crippen LogP contribution in [0.3, 0.4) is 0 Å². The molecule has 1 N–H and O–H groups in total. The van der Waals surface area contributed by atoms with Crippen molar-refractivity contribution in [2.24, 2.45) is 0 Å². The van der Waals surface area contributed by atoms with Gasteiger partial charge in [-0.3, -0.25) is 0 Å². The van der Waals surface area contributed by atoms with Crippen LogP contribution in [0.25, 0.3) is 0 Å². The minimum Gasteiger partial charge on any atom is -0.371 e. The van der Waals surface area contributed by atoms with Crippen LogP contribution in [-0.4, -0.2) is 19.7 Å². The van der Waals surface area contributed by atoms with Crippen molar-refractivity contribution in [3.63, 3.8) is 0 Å². The molecule has 1 atom stereocenters. The number of halogens is 3. The molecule has 15 heavy (non-hydrogen) atoms. The fourth-order valence-electron chi connectivity index (χ4n) is 1.55. The highest BCUT2D eigenvalue weighted by Crippen LogP contribution is 2.28. The molecule has 0 aliphatic carbocycles. The number of nitrogens with one attached hydrogen (secondary N) is 1. The first kappa shape index (κ1) is 10.8. The van der Waals surface area contributed by atoms with Crippen LogP contribution in [0.15, 0.2) is 12.1 Å². The van der Waals surface area contributed by atoms with Crippen molar-refractivity contribution < 1.29 is 13.5 Å². The Morgan fingerprint density at radius 3 is 2.73 bits per heavy atom. The highest BCUT2D eigenvalue weighted by atomic mass is 35.5. The van der Waals surface area contributed by atoms with Crippen LogP contribution in [0, 0.1) is 11.6 Å². The molecule has 0 aromatic heterocycles. The van der Waals surface area contributed by atoms with Gasteiger partial charge >= 0.3 is 0 Å². The van der Waals surface area contributed by atoms with Gasteiger partial charge in [-0.05, 0) is 12.1 Å². The largest absolute Gasteiger partial charge is 0.371 e. The molecule has 1 fully saturated rings. The van der Waals surface area contributed by atoms with Gasteiger partial charge in [-0.25, -0.2) is 8.78 Å². The Labute approximate surface area is 91.2 Å². The fraction of sp³-hybridized carbons (Fsp3) is 0.400. The summed E-state index contributed by atoms with van der Waals surface area (Å²) < 4.78 is 31.2. The Morgan fingerprint density at radius 2 is 2.07 bits per heavy atom. The highest BCUT2D eigenvalue weighted by molar-refractivity contribution is 6.31. The van der Waals surface area contributed by atoms with Gasteiger partial charge in [0.15, 0.2) is 11.6 Å². The van der Waals surface area contributed by atoms with Crippen LogP contribution in [0.2, 0.25) is 5.02 Å². The Kier molecular flexibility index (Phi) is 3.19. The zero-order valence-electron chi connectivity index (χ0n) is 7.90. The van der Waals surface area contributed by atoms with Crippen LogP contribution < -0.4 is 5.32 Å². The summed E-state index contributed by atoms with van der Waals surface area (Å²) in [5.41, 5.74) is 0.489. The molecule has 1 saturated heterocycles. The molecule has 82 valence electrons. The van der Waals surface area contributed by atoms with E-state index in [0.717, 1.165) is 18.7 Å². The van der Waals surface area contributed by atoms with Crippen molar-refractivity contribution in [3.8, 4) is 0 Å². The van der Waals surface area contributed by atoms with Gasteiger partial charge in [0.2, 0.25) is 0 Å². The van der Waals surface area contributed by atoms with E-state index in [1.54, 1.807) is 0 Å². The number of rotatable bonds is 1. The lowest BCUT2D eigenvalue weighted by Gasteiger charge is -2.24. The topological polar surface area (TPSA) is 21.3 Å². The van der Waals surface area contributed by atoms with E-state index in [1.165, 1.54) is 0 Å². The molecule has 1 heterocycles. The van der Waals surface area contributed by atoms with E-state index < -0.39 is 11.6 Å². The lowest BCUT2D eigenvalue weighted by atomic mass is 10.1. The van der Waals surface area contributed by atoms with E-state index in [-0.39, 0.29) is 11.1 Å². The third kappa shape index (κ3) is 2.27. The number of ether oxygens (including phenoxy) is 1. The molecule has 1 unspecified atom stereocenters. The molecule has 0 radical (unpaired) electrons. The number of morpholine rings is 1. The van der Waals surface area contributed by atoms with E-state index in [2.05, 4.69) is 5.32 Å². The van der Waals surface area contributed by atoms with E-state index in [1.807, 2.05) is 0 Å². The molecule has 1 aromatic rings. The second kappa shape index (κ2) is 4.43. The van der Waals surface area contributed by atoms with Gasteiger partial charge in [0.05, 0.1) is 12.7 Å². The molecular formula is C10H10ClF2NO. The molecule has 2 rings (SSSR count). The van der Waals surface area contributed by atoms with Crippen LogP contribution >= 0.6 is 11.6 Å². The summed E-state index contributed by atoms with van der Waals surface area (Å²) in [5, 5.41) is 3.29. The molecule has 0 bridgehead atoms. The summed E-state index contributed by atoms with van der Waals surface area (Å²) >= 11 is 5.82. The zero-order chi connectivity index (χ0) is 10.8. The molecule has 0 spiro atoms. The first-order chi connectivity index (χ1) is 7.18. The van der Waals surface area contributed by atoms with Crippen molar-refractivity contribution >= 4 is 11.6 Å². The molecule has 0 amide bonds. The summed E-state index contributed by atoms with van der Waals surface area (Å²) in [6.07, 6.45) is -0.304. The van der Waals surface area contributed by atoms with Gasteiger partial charge in [-0.1, -0.05) is 11.6 Å². The first-order valence-corrected chi connectivity index (χ1v) is 5.03. The quantitative estimate of drug-likeness (QED) is 0.752. The fourth-order valence-corrected chi connectivity index (χ4v) is 1.82. The molecule has 5 heteroatoms. The van der Waals surface area contributed by atoms with E-state index in [0.29, 0.717) is 18.7 Å². The van der Waals surface area contributed by atoms with Crippen molar-refractivity contribution in [2.75, 3.05) is 19.7 Å². The first-order valence-electron chi connectivity index (χ1n) is 4.65. The van der Waals surface area contributed by atoms with Crippen LogP contribution in [0.4, 0.5) is 8.78 Å². The minimum absolute atomic E-state index is 0.197. The number of hydrogen-bond donors (Lipinski definition) is 1. The predicted molar refractivity (Wildman–Crippen MR) is 52.9 cm³/mol. The summed E-state index contributed by atoms with van der Waals surface area (Å²) in [4.78, 5) is 0. The average Bonchev–Trinajstić information content (AvgIpc) is 2.25. The molecule has 1 aliphatic rings. The van der Waals surface area contributed by atoms with Gasteiger partial charge in [-0.15, -0.1) is 0 Å². The van der Waals surface area contributed by atoms with Crippen LogP contribution in [0.1, 0.15) is 11.7 Å². The molecule has 0 saturated carbocycles. The predicted octanol–water partition coefficient (Wildman–Crippen LogP) is 2.28. The van der Waals surface area contributed by atoms with Gasteiger partial charge < -0.3 is 10.1 Å². The second-order valence-corrected chi connectivity index (χ2v) is 3.76. The van der Waals surface area contributed by atoms with Crippen molar-refractivity contribution in [1.29, 1.82) is 0 Å². The summed E-state index contributed by atoms with van der Waals surface area (Å²) in [6, 6.07) is 2.07. The number of benzene rings is 1. The van der Waals surface area contributed by atoms with Crippen molar-refractivity contribution in [1.82, 2.24) is 5.32 Å². The monoisotopic (exact) mass is 233 g/mol. The second-order valence-electron chi connectivity index (χ2n) is 3.35. The van der Waals surface area contributed by atoms with Crippen LogP contribution in [-0.2, 0) is 4.74 Å². The third-order valence-electron chi connectivity index (χ3n) is 2.31. The third-order valence-corrected chi connectivity index (χ3v) is 2.64. The summed E-state index contributed by atoms with van der Waals surface area (Å²) in [5.74, 6) is -1.84.